The monoisotopic (exact) mass is 793 g/mol. The molecule has 1 fully saturated rings. The second-order valence-electron chi connectivity index (χ2n) is 17.2. The first-order valence-electron chi connectivity index (χ1n) is 22.2. The van der Waals surface area contributed by atoms with Crippen molar-refractivity contribution in [2.24, 2.45) is 11.8 Å². The van der Waals surface area contributed by atoms with Crippen molar-refractivity contribution in [2.45, 2.75) is 101 Å². The van der Waals surface area contributed by atoms with E-state index in [0.29, 0.717) is 11.2 Å². The highest BCUT2D eigenvalue weighted by atomic mass is 32.2. The molecular formula is C55H55NS2. The second kappa shape index (κ2) is 16.6. The van der Waals surface area contributed by atoms with E-state index in [4.69, 9.17) is 0 Å². The van der Waals surface area contributed by atoms with Crippen molar-refractivity contribution < 1.29 is 0 Å². The predicted octanol–water partition coefficient (Wildman–Crippen LogP) is 17.1. The van der Waals surface area contributed by atoms with Crippen LogP contribution in [-0.2, 0) is 6.42 Å². The van der Waals surface area contributed by atoms with Crippen LogP contribution >= 0.6 is 23.1 Å². The fraction of sp³-hybridized carbons (Fsp3) is 0.309. The lowest BCUT2D eigenvalue weighted by molar-refractivity contribution is 0.357. The summed E-state index contributed by atoms with van der Waals surface area (Å²) in [6.45, 7) is 4.70. The molecule has 1 aromatic heterocycles. The molecule has 0 radical (unpaired) electrons. The van der Waals surface area contributed by atoms with Crippen LogP contribution in [0.1, 0.15) is 95.1 Å². The fourth-order valence-electron chi connectivity index (χ4n) is 10.3. The van der Waals surface area contributed by atoms with Crippen LogP contribution in [0.15, 0.2) is 150 Å². The zero-order chi connectivity index (χ0) is 39.0. The van der Waals surface area contributed by atoms with Crippen LogP contribution in [0.3, 0.4) is 0 Å². The van der Waals surface area contributed by atoms with Gasteiger partial charge < -0.3 is 4.90 Å². The second-order valence-corrected chi connectivity index (χ2v) is 19.4. The summed E-state index contributed by atoms with van der Waals surface area (Å²) in [5, 5.41) is 5.79. The molecule has 3 atom stereocenters. The summed E-state index contributed by atoms with van der Waals surface area (Å²) in [5.41, 5.74) is 10.8. The number of thiophene rings is 1. The average Bonchev–Trinajstić information content (AvgIpc) is 3.85. The Bertz CT molecular complexity index is 2630. The Kier molecular flexibility index (Phi) is 10.8. The topological polar surface area (TPSA) is 3.24 Å². The number of fused-ring (bicyclic) bond motifs is 7. The van der Waals surface area contributed by atoms with Crippen LogP contribution in [0.5, 0.6) is 0 Å². The zero-order valence-electron chi connectivity index (χ0n) is 34.1. The SMILES string of the molecule is CCCCC(CC)CC1=CC2Sc3c(cccc3N(c3ccc(-c4cccc5ccccc45)cc3)c3cccc4c3sc3c(CC5CCCCC5)cccc34)C2C=C1. The number of hydrogen-bond donors (Lipinski definition) is 0. The van der Waals surface area contributed by atoms with E-state index >= 15 is 0 Å². The highest BCUT2D eigenvalue weighted by Crippen LogP contribution is 2.56. The van der Waals surface area contributed by atoms with E-state index in [1.54, 1.807) is 0 Å². The number of nitrogens with zero attached hydrogens (tertiary/aromatic N) is 1. The number of anilines is 3. The largest absolute Gasteiger partial charge is 0.308 e. The van der Waals surface area contributed by atoms with E-state index in [1.807, 2.05) is 11.3 Å². The number of unbranched alkanes of at least 4 members (excludes halogenated alkanes) is 1. The van der Waals surface area contributed by atoms with Crippen LogP contribution in [0.2, 0.25) is 0 Å². The Labute approximate surface area is 353 Å². The summed E-state index contributed by atoms with van der Waals surface area (Å²) in [7, 11) is 0. The lowest BCUT2D eigenvalue weighted by Gasteiger charge is -2.28. The first kappa shape index (κ1) is 37.7. The smallest absolute Gasteiger partial charge is 0.0640 e. The van der Waals surface area contributed by atoms with Gasteiger partial charge in [0.2, 0.25) is 0 Å². The van der Waals surface area contributed by atoms with Crippen LogP contribution < -0.4 is 4.90 Å². The van der Waals surface area contributed by atoms with Crippen LogP contribution in [0.4, 0.5) is 17.1 Å². The summed E-state index contributed by atoms with van der Waals surface area (Å²) in [6, 6.07) is 46.1. The molecule has 292 valence electrons. The number of thioether (sulfide) groups is 1. The molecule has 6 aromatic carbocycles. The Morgan fingerprint density at radius 1 is 0.707 bits per heavy atom. The van der Waals surface area contributed by atoms with Gasteiger partial charge in [-0.25, -0.2) is 0 Å². The number of allylic oxidation sites excluding steroid dienone is 3. The third-order valence-corrected chi connectivity index (χ3v) is 16.2. The maximum absolute atomic E-state index is 2.62. The molecule has 10 rings (SSSR count). The molecular weight excluding hydrogens is 739 g/mol. The normalized spacial score (nSPS) is 18.4. The fourth-order valence-corrected chi connectivity index (χ4v) is 13.2. The van der Waals surface area contributed by atoms with E-state index in [2.05, 4.69) is 170 Å². The Morgan fingerprint density at radius 3 is 2.29 bits per heavy atom. The maximum atomic E-state index is 2.62. The van der Waals surface area contributed by atoms with E-state index in [1.165, 1.54) is 151 Å². The van der Waals surface area contributed by atoms with Gasteiger partial charge in [-0.2, -0.15) is 0 Å². The van der Waals surface area contributed by atoms with Gasteiger partial charge in [-0.1, -0.05) is 192 Å². The third-order valence-electron chi connectivity index (χ3n) is 13.5. The van der Waals surface area contributed by atoms with Crippen molar-refractivity contribution in [1.29, 1.82) is 0 Å². The van der Waals surface area contributed by atoms with Crippen molar-refractivity contribution in [3.63, 3.8) is 0 Å². The number of benzene rings is 6. The first-order valence-corrected chi connectivity index (χ1v) is 23.9. The molecule has 3 unspecified atom stereocenters. The molecule has 1 aliphatic heterocycles. The third kappa shape index (κ3) is 7.13. The summed E-state index contributed by atoms with van der Waals surface area (Å²) in [5.74, 6) is 1.98. The molecule has 7 aromatic rings. The van der Waals surface area contributed by atoms with E-state index in [0.717, 1.165) is 11.8 Å². The number of hydrogen-bond acceptors (Lipinski definition) is 3. The Balaban J connectivity index is 1.08. The molecule has 1 nitrogen and oxygen atoms in total. The van der Waals surface area contributed by atoms with Gasteiger partial charge in [0.1, 0.15) is 0 Å². The summed E-state index contributed by atoms with van der Waals surface area (Å²) < 4.78 is 2.86. The van der Waals surface area contributed by atoms with Gasteiger partial charge in [-0.05, 0) is 82.0 Å². The molecule has 3 heteroatoms. The zero-order valence-corrected chi connectivity index (χ0v) is 35.8. The van der Waals surface area contributed by atoms with E-state index in [-0.39, 0.29) is 0 Å². The minimum Gasteiger partial charge on any atom is -0.308 e. The molecule has 0 spiro atoms. The number of rotatable bonds is 12. The van der Waals surface area contributed by atoms with Crippen molar-refractivity contribution in [1.82, 2.24) is 0 Å². The van der Waals surface area contributed by atoms with Crippen molar-refractivity contribution in [3.05, 3.63) is 156 Å². The molecule has 0 amide bonds. The van der Waals surface area contributed by atoms with Gasteiger partial charge in [-0.15, -0.1) is 23.1 Å². The summed E-state index contributed by atoms with van der Waals surface area (Å²) >= 11 is 4.11. The molecule has 1 saturated carbocycles. The van der Waals surface area contributed by atoms with Crippen LogP contribution in [0, 0.1) is 11.8 Å². The van der Waals surface area contributed by atoms with Crippen molar-refractivity contribution in [2.75, 3.05) is 4.90 Å². The molecule has 3 aliphatic rings. The lowest BCUT2D eigenvalue weighted by Crippen LogP contribution is -2.12. The van der Waals surface area contributed by atoms with Crippen molar-refractivity contribution in [3.8, 4) is 11.1 Å². The molecule has 0 bridgehead atoms. The van der Waals surface area contributed by atoms with Crippen molar-refractivity contribution >= 4 is 71.1 Å². The van der Waals surface area contributed by atoms with Gasteiger partial charge in [0.25, 0.3) is 0 Å². The minimum absolute atomic E-state index is 0.400. The summed E-state index contributed by atoms with van der Waals surface area (Å²) in [6.07, 6.45) is 22.1. The molecule has 2 aliphatic carbocycles. The molecule has 2 heterocycles. The Hall–Kier alpha value is -4.57. The van der Waals surface area contributed by atoms with E-state index in [9.17, 15) is 0 Å². The molecule has 0 saturated heterocycles. The van der Waals surface area contributed by atoms with E-state index < -0.39 is 0 Å². The van der Waals surface area contributed by atoms with Gasteiger partial charge in [0.15, 0.2) is 0 Å². The standard InChI is InChI=1S/C55H55NS2/c1-3-5-15-37(4-2)34-39-28-33-46-47-24-13-26-50(54(47)57-52(46)36-39)56(43-31-29-41(30-32-43)45-22-11-19-40-18-9-10-21-44(40)45)51-27-14-25-49-48-23-12-20-42(53(48)58-55(49)51)35-38-16-7-6-8-17-38/h9-14,18-33,36-38,46,52H,3-8,15-17,34-35H2,1-2H3. The van der Waals surface area contributed by atoms with Gasteiger partial charge in [0.05, 0.1) is 16.1 Å². The predicted molar refractivity (Wildman–Crippen MR) is 255 cm³/mol. The quantitative estimate of drug-likeness (QED) is 0.121. The minimum atomic E-state index is 0.400. The van der Waals surface area contributed by atoms with Gasteiger partial charge in [0, 0.05) is 37.2 Å². The maximum Gasteiger partial charge on any atom is 0.0640 e. The highest BCUT2D eigenvalue weighted by molar-refractivity contribution is 8.00. The van der Waals surface area contributed by atoms with Crippen LogP contribution in [0.25, 0.3) is 42.1 Å². The average molecular weight is 794 g/mol. The Morgan fingerprint density at radius 2 is 1.45 bits per heavy atom. The highest BCUT2D eigenvalue weighted by Gasteiger charge is 2.36. The molecule has 0 N–H and O–H groups in total. The molecule has 58 heavy (non-hydrogen) atoms. The van der Waals surface area contributed by atoms with Crippen LogP contribution in [-0.4, -0.2) is 5.25 Å². The van der Waals surface area contributed by atoms with Gasteiger partial charge >= 0.3 is 0 Å². The first-order chi connectivity index (χ1) is 28.7. The lowest BCUT2D eigenvalue weighted by atomic mass is 9.84. The van der Waals surface area contributed by atoms with Gasteiger partial charge in [-0.3, -0.25) is 0 Å². The summed E-state index contributed by atoms with van der Waals surface area (Å²) in [4.78, 5) is 4.02.